The predicted molar refractivity (Wildman–Crippen MR) is 89.4 cm³/mol. The highest BCUT2D eigenvalue weighted by molar-refractivity contribution is 5.98. The van der Waals surface area contributed by atoms with Gasteiger partial charge >= 0.3 is 0 Å². The first-order valence-electron chi connectivity index (χ1n) is 8.60. The number of unbranched alkanes of at least 4 members (excludes halogenated alkanes) is 1. The third kappa shape index (κ3) is 3.87. The van der Waals surface area contributed by atoms with Crippen molar-refractivity contribution >= 4 is 11.7 Å². The van der Waals surface area contributed by atoms with E-state index in [9.17, 15) is 9.59 Å². The fourth-order valence-corrected chi connectivity index (χ4v) is 3.01. The van der Waals surface area contributed by atoms with E-state index in [-0.39, 0.29) is 18.5 Å². The Kier molecular flexibility index (Phi) is 5.35. The van der Waals surface area contributed by atoms with Crippen LogP contribution in [0.25, 0.3) is 0 Å². The topological polar surface area (TPSA) is 59.1 Å². The minimum atomic E-state index is 0.0686. The van der Waals surface area contributed by atoms with Gasteiger partial charge in [-0.05, 0) is 24.6 Å². The molecule has 1 aromatic carbocycles. The average Bonchev–Trinajstić information content (AvgIpc) is 3.08. The van der Waals surface area contributed by atoms with Crippen molar-refractivity contribution in [2.45, 2.75) is 26.2 Å². The molecule has 1 aromatic rings. The van der Waals surface area contributed by atoms with E-state index in [2.05, 4.69) is 11.8 Å². The molecule has 1 saturated heterocycles. The van der Waals surface area contributed by atoms with Crippen LogP contribution in [0, 0.1) is 0 Å². The first-order chi connectivity index (χ1) is 11.7. The van der Waals surface area contributed by atoms with Crippen LogP contribution < -0.4 is 9.47 Å². The van der Waals surface area contributed by atoms with Crippen LogP contribution in [0.5, 0.6) is 11.5 Å². The Morgan fingerprint density at radius 1 is 1.08 bits per heavy atom. The van der Waals surface area contributed by atoms with E-state index in [4.69, 9.17) is 9.47 Å². The molecule has 0 aromatic heterocycles. The van der Waals surface area contributed by atoms with Crippen LogP contribution in [-0.4, -0.2) is 61.0 Å². The zero-order valence-electron chi connectivity index (χ0n) is 14.1. The highest BCUT2D eigenvalue weighted by atomic mass is 16.7. The molecule has 0 saturated carbocycles. The molecule has 130 valence electrons. The van der Waals surface area contributed by atoms with Crippen molar-refractivity contribution in [3.63, 3.8) is 0 Å². The molecule has 0 aliphatic carbocycles. The van der Waals surface area contributed by atoms with Gasteiger partial charge in [-0.2, -0.15) is 0 Å². The van der Waals surface area contributed by atoms with Gasteiger partial charge in [0.2, 0.25) is 12.7 Å². The SMILES string of the molecule is CCCCC(=O)N1CCN(CC(=O)c2ccc3c(c2)OCO3)CC1. The zero-order chi connectivity index (χ0) is 16.9. The number of benzene rings is 1. The van der Waals surface area contributed by atoms with Gasteiger partial charge in [0, 0.05) is 38.2 Å². The lowest BCUT2D eigenvalue weighted by Gasteiger charge is -2.34. The Morgan fingerprint density at radius 3 is 2.58 bits per heavy atom. The van der Waals surface area contributed by atoms with Crippen molar-refractivity contribution < 1.29 is 19.1 Å². The number of piperazine rings is 1. The molecule has 0 spiro atoms. The third-order valence-corrected chi connectivity index (χ3v) is 4.53. The monoisotopic (exact) mass is 332 g/mol. The van der Waals surface area contributed by atoms with E-state index in [1.807, 2.05) is 4.90 Å². The molecule has 1 fully saturated rings. The first kappa shape index (κ1) is 16.8. The standard InChI is InChI=1S/C18H24N2O4/c1-2-3-4-18(22)20-9-7-19(8-10-20)12-15(21)14-5-6-16-17(11-14)24-13-23-16/h5-6,11H,2-4,7-10,12-13H2,1H3. The smallest absolute Gasteiger partial charge is 0.231 e. The maximum absolute atomic E-state index is 12.5. The van der Waals surface area contributed by atoms with Crippen molar-refractivity contribution in [2.75, 3.05) is 39.5 Å². The maximum Gasteiger partial charge on any atom is 0.231 e. The molecular weight excluding hydrogens is 308 g/mol. The first-order valence-corrected chi connectivity index (χ1v) is 8.60. The van der Waals surface area contributed by atoms with E-state index in [0.29, 0.717) is 43.1 Å². The molecule has 0 radical (unpaired) electrons. The molecular formula is C18H24N2O4. The van der Waals surface area contributed by atoms with Crippen LogP contribution in [0.15, 0.2) is 18.2 Å². The number of fused-ring (bicyclic) bond motifs is 1. The van der Waals surface area contributed by atoms with E-state index < -0.39 is 0 Å². The van der Waals surface area contributed by atoms with E-state index >= 15 is 0 Å². The number of nitrogens with zero attached hydrogens (tertiary/aromatic N) is 2. The van der Waals surface area contributed by atoms with Crippen molar-refractivity contribution in [3.05, 3.63) is 23.8 Å². The maximum atomic E-state index is 12.5. The Labute approximate surface area is 142 Å². The molecule has 1 amide bonds. The number of hydrogen-bond acceptors (Lipinski definition) is 5. The summed E-state index contributed by atoms with van der Waals surface area (Å²) in [6, 6.07) is 5.30. The van der Waals surface area contributed by atoms with Crippen molar-refractivity contribution in [1.82, 2.24) is 9.80 Å². The quantitative estimate of drug-likeness (QED) is 0.745. The minimum absolute atomic E-state index is 0.0686. The van der Waals surface area contributed by atoms with Crippen LogP contribution >= 0.6 is 0 Å². The Bertz CT molecular complexity index is 609. The Balaban J connectivity index is 1.49. The van der Waals surface area contributed by atoms with Crippen molar-refractivity contribution in [3.8, 4) is 11.5 Å². The number of carbonyl (C=O) groups is 2. The minimum Gasteiger partial charge on any atom is -0.454 e. The normalized spacial score (nSPS) is 17.1. The summed E-state index contributed by atoms with van der Waals surface area (Å²) in [6.07, 6.45) is 2.62. The number of ketones is 1. The average molecular weight is 332 g/mol. The van der Waals surface area contributed by atoms with Gasteiger partial charge in [-0.3, -0.25) is 14.5 Å². The third-order valence-electron chi connectivity index (χ3n) is 4.53. The zero-order valence-corrected chi connectivity index (χ0v) is 14.1. The number of Topliss-reactive ketones (excluding diaryl/α,β-unsaturated/α-hetero) is 1. The lowest BCUT2D eigenvalue weighted by molar-refractivity contribution is -0.132. The number of hydrogen-bond donors (Lipinski definition) is 0. The van der Waals surface area contributed by atoms with Crippen LogP contribution in [0.2, 0.25) is 0 Å². The molecule has 0 bridgehead atoms. The fourth-order valence-electron chi connectivity index (χ4n) is 3.01. The van der Waals surface area contributed by atoms with Gasteiger partial charge < -0.3 is 14.4 Å². The number of amides is 1. The summed E-state index contributed by atoms with van der Waals surface area (Å²) in [5.74, 6) is 1.62. The second kappa shape index (κ2) is 7.66. The van der Waals surface area contributed by atoms with Gasteiger partial charge in [0.05, 0.1) is 6.54 Å². The van der Waals surface area contributed by atoms with Gasteiger partial charge in [-0.15, -0.1) is 0 Å². The largest absolute Gasteiger partial charge is 0.454 e. The Morgan fingerprint density at radius 2 is 1.83 bits per heavy atom. The highest BCUT2D eigenvalue weighted by Gasteiger charge is 2.23. The van der Waals surface area contributed by atoms with Crippen molar-refractivity contribution in [2.24, 2.45) is 0 Å². The van der Waals surface area contributed by atoms with Gasteiger partial charge in [0.25, 0.3) is 0 Å². The molecule has 0 unspecified atom stereocenters. The van der Waals surface area contributed by atoms with Crippen LogP contribution in [0.4, 0.5) is 0 Å². The van der Waals surface area contributed by atoms with Crippen LogP contribution in [0.3, 0.4) is 0 Å². The fraction of sp³-hybridized carbons (Fsp3) is 0.556. The summed E-state index contributed by atoms with van der Waals surface area (Å²) >= 11 is 0. The molecule has 3 rings (SSSR count). The lowest BCUT2D eigenvalue weighted by Crippen LogP contribution is -2.49. The molecule has 0 N–H and O–H groups in total. The summed E-state index contributed by atoms with van der Waals surface area (Å²) in [6.45, 7) is 5.57. The second-order valence-corrected chi connectivity index (χ2v) is 6.25. The predicted octanol–water partition coefficient (Wildman–Crippen LogP) is 1.93. The summed E-state index contributed by atoms with van der Waals surface area (Å²) in [5, 5.41) is 0. The summed E-state index contributed by atoms with van der Waals surface area (Å²) in [4.78, 5) is 28.5. The van der Waals surface area contributed by atoms with Gasteiger partial charge in [-0.25, -0.2) is 0 Å². The molecule has 2 aliphatic rings. The number of ether oxygens (including phenoxy) is 2. The highest BCUT2D eigenvalue weighted by Crippen LogP contribution is 2.32. The molecule has 24 heavy (non-hydrogen) atoms. The lowest BCUT2D eigenvalue weighted by atomic mass is 10.1. The van der Waals surface area contributed by atoms with E-state index in [1.165, 1.54) is 0 Å². The molecule has 0 atom stereocenters. The molecule has 6 nitrogen and oxygen atoms in total. The summed E-state index contributed by atoms with van der Waals surface area (Å²) in [7, 11) is 0. The number of rotatable bonds is 6. The molecule has 6 heteroatoms. The van der Waals surface area contributed by atoms with Gasteiger partial charge in [-0.1, -0.05) is 13.3 Å². The molecule has 2 aliphatic heterocycles. The van der Waals surface area contributed by atoms with Gasteiger partial charge in [0.15, 0.2) is 17.3 Å². The molecule has 2 heterocycles. The van der Waals surface area contributed by atoms with Crippen LogP contribution in [0.1, 0.15) is 36.5 Å². The second-order valence-electron chi connectivity index (χ2n) is 6.25. The van der Waals surface area contributed by atoms with E-state index in [1.54, 1.807) is 18.2 Å². The number of carbonyl (C=O) groups excluding carboxylic acids is 2. The van der Waals surface area contributed by atoms with E-state index in [0.717, 1.165) is 25.9 Å². The van der Waals surface area contributed by atoms with Gasteiger partial charge in [0.1, 0.15) is 0 Å². The van der Waals surface area contributed by atoms with Crippen molar-refractivity contribution in [1.29, 1.82) is 0 Å². The van der Waals surface area contributed by atoms with Crippen LogP contribution in [-0.2, 0) is 4.79 Å². The Hall–Kier alpha value is -2.08. The summed E-state index contributed by atoms with van der Waals surface area (Å²) < 4.78 is 10.6. The summed E-state index contributed by atoms with van der Waals surface area (Å²) in [5.41, 5.74) is 0.640.